The van der Waals surface area contributed by atoms with Crippen LogP contribution in [0, 0.1) is 27.2 Å². The second-order valence-electron chi connectivity index (χ2n) is 9.07. The highest BCUT2D eigenvalue weighted by molar-refractivity contribution is 14.1. The van der Waals surface area contributed by atoms with Gasteiger partial charge in [0.05, 0.1) is 15.1 Å². The second-order valence-corrected chi connectivity index (χ2v) is 11.7. The van der Waals surface area contributed by atoms with Crippen molar-refractivity contribution in [3.63, 3.8) is 0 Å². The molecule has 206 valence electrons. The molecule has 3 fully saturated rings. The Morgan fingerprint density at radius 3 is 2.35 bits per heavy atom. The van der Waals surface area contributed by atoms with Crippen LogP contribution in [-0.2, 0) is 24.4 Å². The van der Waals surface area contributed by atoms with Crippen LogP contribution < -0.4 is 4.74 Å². The number of alkyl halides is 6. The van der Waals surface area contributed by atoms with E-state index in [0.717, 1.165) is 12.1 Å². The number of halogens is 7. The van der Waals surface area contributed by atoms with Gasteiger partial charge in [-0.25, -0.2) is 4.79 Å². The Bertz CT molecular complexity index is 1200. The summed E-state index contributed by atoms with van der Waals surface area (Å²) in [7, 11) is -5.94. The Morgan fingerprint density at radius 1 is 1.16 bits per heavy atom. The fourth-order valence-corrected chi connectivity index (χ4v) is 6.68. The van der Waals surface area contributed by atoms with Crippen molar-refractivity contribution in [2.75, 3.05) is 5.75 Å². The van der Waals surface area contributed by atoms with E-state index in [0.29, 0.717) is 18.9 Å². The Labute approximate surface area is 218 Å². The van der Waals surface area contributed by atoms with Crippen molar-refractivity contribution in [3.05, 3.63) is 27.3 Å². The first-order chi connectivity index (χ1) is 16.8. The van der Waals surface area contributed by atoms with Gasteiger partial charge in [0.1, 0.15) is 17.6 Å². The first-order valence-electron chi connectivity index (χ1n) is 10.5. The van der Waals surface area contributed by atoms with Gasteiger partial charge in [0, 0.05) is 11.8 Å². The zero-order valence-corrected chi connectivity index (χ0v) is 21.1. The summed E-state index contributed by atoms with van der Waals surface area (Å²) in [5, 5.41) is 10.7. The first kappa shape index (κ1) is 28.2. The summed E-state index contributed by atoms with van der Waals surface area (Å²) >= 11 is 1.67. The summed E-state index contributed by atoms with van der Waals surface area (Å²) in [5.74, 6) is -7.58. The van der Waals surface area contributed by atoms with Gasteiger partial charge in [-0.15, -0.1) is 0 Å². The molecule has 2 aliphatic carbocycles. The maximum absolute atomic E-state index is 13.5. The number of hydrogen-bond acceptors (Lipinski definition) is 8. The van der Waals surface area contributed by atoms with Crippen LogP contribution in [0.4, 0.5) is 26.3 Å². The predicted octanol–water partition coefficient (Wildman–Crippen LogP) is 3.09. The van der Waals surface area contributed by atoms with Crippen molar-refractivity contribution < 1.29 is 68.2 Å². The molecule has 0 radical (unpaired) electrons. The lowest BCUT2D eigenvalue weighted by Gasteiger charge is -2.35. The largest absolute Gasteiger partial charge is 0.464 e. The zero-order chi connectivity index (χ0) is 27.7. The van der Waals surface area contributed by atoms with Crippen LogP contribution in [0.25, 0.3) is 0 Å². The fourth-order valence-electron chi connectivity index (χ4n) is 5.32. The molecule has 9 nitrogen and oxygen atoms in total. The maximum atomic E-state index is 13.5. The third-order valence-corrected chi connectivity index (χ3v) is 8.52. The van der Waals surface area contributed by atoms with Crippen LogP contribution in [0.1, 0.15) is 23.2 Å². The Balaban J connectivity index is 1.60. The van der Waals surface area contributed by atoms with E-state index in [9.17, 15) is 49.5 Å². The summed E-state index contributed by atoms with van der Waals surface area (Å²) < 4.78 is 126. The molecule has 0 aromatic heterocycles. The van der Waals surface area contributed by atoms with Crippen LogP contribution in [0.15, 0.2) is 18.2 Å². The summed E-state index contributed by atoms with van der Waals surface area (Å²) in [6.45, 7) is 0. The SMILES string of the molecule is O=C(OC(CS(=O)(=O)O)(C(F)(F)F)C(F)(F)F)c1ccc(I)c(OC(O)C2C3CC4OC(=O)C2C4C3)c1. The van der Waals surface area contributed by atoms with E-state index in [-0.39, 0.29) is 27.3 Å². The number of hydrogen-bond donors (Lipinski definition) is 2. The van der Waals surface area contributed by atoms with Gasteiger partial charge < -0.3 is 19.3 Å². The molecule has 2 N–H and O–H groups in total. The summed E-state index contributed by atoms with van der Waals surface area (Å²) in [6, 6.07) is 2.58. The van der Waals surface area contributed by atoms with Gasteiger partial charge in [0.15, 0.2) is 0 Å². The zero-order valence-electron chi connectivity index (χ0n) is 18.1. The normalized spacial score (nSPS) is 28.2. The molecule has 37 heavy (non-hydrogen) atoms. The van der Waals surface area contributed by atoms with E-state index >= 15 is 0 Å². The van der Waals surface area contributed by atoms with E-state index in [1.165, 1.54) is 0 Å². The number of esters is 2. The molecule has 2 saturated carbocycles. The monoisotopic (exact) mass is 674 g/mol. The molecule has 1 aromatic carbocycles. The molecule has 3 aliphatic rings. The molecule has 6 unspecified atom stereocenters. The molecule has 6 atom stereocenters. The van der Waals surface area contributed by atoms with Crippen LogP contribution in [-0.4, -0.2) is 66.1 Å². The fraction of sp³-hybridized carbons (Fsp3) is 0.600. The van der Waals surface area contributed by atoms with Crippen molar-refractivity contribution in [2.24, 2.45) is 23.7 Å². The van der Waals surface area contributed by atoms with Gasteiger partial charge in [-0.1, -0.05) is 0 Å². The lowest BCUT2D eigenvalue weighted by molar-refractivity contribution is -0.356. The minimum Gasteiger partial charge on any atom is -0.464 e. The van der Waals surface area contributed by atoms with E-state index < -0.39 is 69.5 Å². The van der Waals surface area contributed by atoms with Gasteiger partial charge in [0.25, 0.3) is 10.1 Å². The van der Waals surface area contributed by atoms with Crippen molar-refractivity contribution in [1.82, 2.24) is 0 Å². The van der Waals surface area contributed by atoms with Crippen LogP contribution in [0.3, 0.4) is 0 Å². The van der Waals surface area contributed by atoms with Gasteiger partial charge in [-0.2, -0.15) is 34.8 Å². The number of ether oxygens (including phenoxy) is 3. The molecule has 1 aliphatic heterocycles. The highest BCUT2D eigenvalue weighted by Gasteiger charge is 2.76. The molecule has 17 heteroatoms. The smallest absolute Gasteiger partial charge is 0.438 e. The molecule has 4 rings (SSSR count). The Morgan fingerprint density at radius 2 is 1.78 bits per heavy atom. The van der Waals surface area contributed by atoms with Crippen molar-refractivity contribution in [1.29, 1.82) is 0 Å². The number of rotatable bonds is 7. The number of aliphatic hydroxyl groups is 1. The lowest BCUT2D eigenvalue weighted by atomic mass is 9.79. The Hall–Kier alpha value is -1.86. The van der Waals surface area contributed by atoms with E-state index in [4.69, 9.17) is 14.0 Å². The topological polar surface area (TPSA) is 136 Å². The number of carbonyl (C=O) groups is 2. The first-order valence-corrected chi connectivity index (χ1v) is 13.2. The highest BCUT2D eigenvalue weighted by Crippen LogP contribution is 2.58. The maximum Gasteiger partial charge on any atom is 0.438 e. The summed E-state index contributed by atoms with van der Waals surface area (Å²) in [5.41, 5.74) is -6.47. The van der Waals surface area contributed by atoms with Gasteiger partial charge >= 0.3 is 29.9 Å². The number of fused-ring (bicyclic) bond motifs is 1. The van der Waals surface area contributed by atoms with E-state index in [2.05, 4.69) is 4.74 Å². The van der Waals surface area contributed by atoms with E-state index in [1.807, 2.05) is 0 Å². The summed E-state index contributed by atoms with van der Waals surface area (Å²) in [6.07, 6.45) is -13.7. The third kappa shape index (κ3) is 4.98. The van der Waals surface area contributed by atoms with Crippen LogP contribution in [0.5, 0.6) is 5.75 Å². The number of carbonyl (C=O) groups excluding carboxylic acids is 2. The predicted molar refractivity (Wildman–Crippen MR) is 116 cm³/mol. The van der Waals surface area contributed by atoms with E-state index in [1.54, 1.807) is 22.6 Å². The third-order valence-electron chi connectivity index (χ3n) is 6.86. The number of benzene rings is 1. The average Bonchev–Trinajstić information content (AvgIpc) is 3.34. The van der Waals surface area contributed by atoms with Gasteiger partial charge in [-0.05, 0) is 59.5 Å². The molecule has 2 bridgehead atoms. The lowest BCUT2D eigenvalue weighted by Crippen LogP contribution is -2.63. The molecule has 0 spiro atoms. The second kappa shape index (κ2) is 9.11. The minimum atomic E-state index is -6.48. The van der Waals surface area contributed by atoms with Crippen LogP contribution >= 0.6 is 22.6 Å². The van der Waals surface area contributed by atoms with Crippen LogP contribution in [0.2, 0.25) is 0 Å². The standard InChI is InChI=1S/C20H17F6IO9S/c21-19(22,23)18(20(24,25)26,6-37(31,32)33)36-15(28)7-1-2-10(27)12(4-7)35-16(29)13-8-3-9-11(5-8)34-17(30)14(9)13/h1-2,4,8-9,11,13-14,16,29H,3,5-6H2,(H,31,32,33). The molecular weight excluding hydrogens is 657 g/mol. The average molecular weight is 674 g/mol. The minimum absolute atomic E-state index is 0.0956. The molecular formula is C20H17F6IO9S. The Kier molecular flexibility index (Phi) is 6.94. The van der Waals surface area contributed by atoms with Gasteiger partial charge in [0.2, 0.25) is 6.29 Å². The quantitative estimate of drug-likeness (QED) is 0.147. The molecule has 0 amide bonds. The van der Waals surface area contributed by atoms with Crippen molar-refractivity contribution >= 4 is 44.6 Å². The van der Waals surface area contributed by atoms with Crippen molar-refractivity contribution in [3.8, 4) is 5.75 Å². The van der Waals surface area contributed by atoms with Gasteiger partial charge in [-0.3, -0.25) is 9.35 Å². The molecule has 1 aromatic rings. The summed E-state index contributed by atoms with van der Waals surface area (Å²) in [4.78, 5) is 24.6. The van der Waals surface area contributed by atoms with Crippen molar-refractivity contribution in [2.45, 2.75) is 43.2 Å². The molecule has 1 heterocycles. The highest BCUT2D eigenvalue weighted by atomic mass is 127. The molecule has 1 saturated heterocycles. The number of aliphatic hydroxyl groups excluding tert-OH is 1.